The number of ether oxygens (including phenoxy) is 3. The molecular formula is C74H118O6. The van der Waals surface area contributed by atoms with Crippen LogP contribution in [0.5, 0.6) is 0 Å². The molecule has 0 aliphatic carbocycles. The molecule has 1 atom stereocenters. The third-order valence-electron chi connectivity index (χ3n) is 13.2. The highest BCUT2D eigenvalue weighted by Gasteiger charge is 2.19. The van der Waals surface area contributed by atoms with E-state index in [4.69, 9.17) is 14.2 Å². The maximum Gasteiger partial charge on any atom is 0.306 e. The molecule has 0 aliphatic heterocycles. The molecule has 1 unspecified atom stereocenters. The Morgan fingerprint density at radius 2 is 0.487 bits per heavy atom. The maximum absolute atomic E-state index is 12.9. The third kappa shape index (κ3) is 63.9. The molecule has 0 saturated carbocycles. The second-order valence-corrected chi connectivity index (χ2v) is 20.9. The largest absolute Gasteiger partial charge is 0.462 e. The summed E-state index contributed by atoms with van der Waals surface area (Å²) in [5.41, 5.74) is 0. The minimum atomic E-state index is -0.800. The summed E-state index contributed by atoms with van der Waals surface area (Å²) in [4.78, 5) is 38.2. The summed E-state index contributed by atoms with van der Waals surface area (Å²) in [6, 6.07) is 0. The average molecular weight is 1100 g/mol. The van der Waals surface area contributed by atoms with Crippen LogP contribution in [0.3, 0.4) is 0 Å². The number of unbranched alkanes of at least 4 members (excludes halogenated alkanes) is 20. The summed E-state index contributed by atoms with van der Waals surface area (Å²) in [6.07, 6.45) is 96.9. The number of hydrogen-bond donors (Lipinski definition) is 0. The van der Waals surface area contributed by atoms with E-state index in [1.165, 1.54) is 57.8 Å². The molecule has 0 radical (unpaired) electrons. The van der Waals surface area contributed by atoms with Gasteiger partial charge in [0.15, 0.2) is 6.10 Å². The van der Waals surface area contributed by atoms with E-state index in [0.717, 1.165) is 173 Å². The van der Waals surface area contributed by atoms with E-state index in [9.17, 15) is 14.4 Å². The standard InChI is InChI=1S/C74H118O6/c1-4-7-10-13-16-19-22-24-26-28-30-31-32-33-34-35-36-37-38-39-40-41-42-43-45-46-48-50-52-55-58-61-64-67-73(76)79-70-71(69-78-72(75)66-63-60-57-54-21-18-15-12-9-6-3)80-74(77)68-65-62-59-56-53-51-49-47-44-29-27-25-23-20-17-14-11-8-5-2/h7-8,10-12,15-17,19-20,24-27,30-31,33-34,36-37,39-40,42-44,47,71H,4-6,9,13-14,18,21-23,28-29,32,35,38,41,45-46,48-70H2,1-3H3/b10-7-,11-8-,15-12-,19-16-,20-17-,26-24-,27-25-,31-30-,34-33-,37-36-,40-39-,43-42-,47-44-. The molecule has 0 rings (SSSR count). The van der Waals surface area contributed by atoms with Crippen LogP contribution in [0, 0.1) is 0 Å². The van der Waals surface area contributed by atoms with E-state index < -0.39 is 6.10 Å². The molecule has 0 aromatic heterocycles. The predicted molar refractivity (Wildman–Crippen MR) is 348 cm³/mol. The van der Waals surface area contributed by atoms with Gasteiger partial charge in [-0.2, -0.15) is 0 Å². The molecule has 0 saturated heterocycles. The van der Waals surface area contributed by atoms with E-state index in [1.54, 1.807) is 0 Å². The number of carbonyl (C=O) groups is 3. The second kappa shape index (κ2) is 66.5. The molecule has 6 nitrogen and oxygen atoms in total. The lowest BCUT2D eigenvalue weighted by molar-refractivity contribution is -0.167. The van der Waals surface area contributed by atoms with Crippen molar-refractivity contribution in [3.05, 3.63) is 158 Å². The minimum absolute atomic E-state index is 0.0961. The van der Waals surface area contributed by atoms with Crippen LogP contribution in [-0.4, -0.2) is 37.2 Å². The highest BCUT2D eigenvalue weighted by molar-refractivity contribution is 5.71. The monoisotopic (exact) mass is 1100 g/mol. The zero-order valence-corrected chi connectivity index (χ0v) is 51.5. The zero-order chi connectivity index (χ0) is 57.8. The Hall–Kier alpha value is -4.97. The Morgan fingerprint density at radius 3 is 0.775 bits per heavy atom. The van der Waals surface area contributed by atoms with Crippen LogP contribution in [0.2, 0.25) is 0 Å². The van der Waals surface area contributed by atoms with Crippen molar-refractivity contribution in [3.63, 3.8) is 0 Å². The molecule has 0 heterocycles. The van der Waals surface area contributed by atoms with Crippen LogP contribution in [0.15, 0.2) is 158 Å². The third-order valence-corrected chi connectivity index (χ3v) is 13.2. The summed E-state index contributed by atoms with van der Waals surface area (Å²) in [6.45, 7) is 6.32. The van der Waals surface area contributed by atoms with Gasteiger partial charge in [0.25, 0.3) is 0 Å². The van der Waals surface area contributed by atoms with Crippen LogP contribution < -0.4 is 0 Å². The molecule has 0 fully saturated rings. The van der Waals surface area contributed by atoms with Gasteiger partial charge in [0.2, 0.25) is 0 Å². The van der Waals surface area contributed by atoms with Gasteiger partial charge in [-0.25, -0.2) is 0 Å². The molecule has 450 valence electrons. The Balaban J connectivity index is 4.27. The Labute approximate surface area is 492 Å². The summed E-state index contributed by atoms with van der Waals surface area (Å²) < 4.78 is 16.9. The van der Waals surface area contributed by atoms with Gasteiger partial charge in [-0.1, -0.05) is 269 Å². The first-order chi connectivity index (χ1) is 39.5. The van der Waals surface area contributed by atoms with E-state index in [-0.39, 0.29) is 31.1 Å². The predicted octanol–water partition coefficient (Wildman–Crippen LogP) is 22.5. The summed E-state index contributed by atoms with van der Waals surface area (Å²) in [7, 11) is 0. The van der Waals surface area contributed by atoms with Crippen LogP contribution in [0.4, 0.5) is 0 Å². The van der Waals surface area contributed by atoms with Crippen molar-refractivity contribution in [2.75, 3.05) is 13.2 Å². The van der Waals surface area contributed by atoms with Crippen molar-refractivity contribution in [1.29, 1.82) is 0 Å². The minimum Gasteiger partial charge on any atom is -0.462 e. The number of esters is 3. The summed E-state index contributed by atoms with van der Waals surface area (Å²) >= 11 is 0. The topological polar surface area (TPSA) is 78.9 Å². The van der Waals surface area contributed by atoms with Crippen molar-refractivity contribution in [1.82, 2.24) is 0 Å². The molecule has 0 spiro atoms. The first-order valence-corrected chi connectivity index (χ1v) is 32.5. The molecule has 0 N–H and O–H groups in total. The summed E-state index contributed by atoms with van der Waals surface area (Å²) in [5.74, 6) is -0.932. The van der Waals surface area contributed by atoms with E-state index in [2.05, 4.69) is 179 Å². The average Bonchev–Trinajstić information content (AvgIpc) is 3.46. The highest BCUT2D eigenvalue weighted by Crippen LogP contribution is 2.15. The van der Waals surface area contributed by atoms with E-state index in [1.807, 2.05) is 0 Å². The van der Waals surface area contributed by atoms with Crippen LogP contribution in [0.25, 0.3) is 0 Å². The quantitative estimate of drug-likeness (QED) is 0.0261. The first-order valence-electron chi connectivity index (χ1n) is 32.5. The van der Waals surface area contributed by atoms with Gasteiger partial charge in [-0.15, -0.1) is 0 Å². The van der Waals surface area contributed by atoms with Crippen molar-refractivity contribution in [3.8, 4) is 0 Å². The van der Waals surface area contributed by atoms with Gasteiger partial charge in [0, 0.05) is 19.3 Å². The van der Waals surface area contributed by atoms with Crippen molar-refractivity contribution in [2.45, 2.75) is 277 Å². The lowest BCUT2D eigenvalue weighted by Crippen LogP contribution is -2.30. The Kier molecular flexibility index (Phi) is 62.4. The van der Waals surface area contributed by atoms with Gasteiger partial charge in [-0.3, -0.25) is 14.4 Å². The van der Waals surface area contributed by atoms with E-state index in [0.29, 0.717) is 19.3 Å². The molecule has 0 bridgehead atoms. The smallest absolute Gasteiger partial charge is 0.306 e. The van der Waals surface area contributed by atoms with Gasteiger partial charge >= 0.3 is 17.9 Å². The fourth-order valence-electron chi connectivity index (χ4n) is 8.45. The molecule has 0 aromatic carbocycles. The zero-order valence-electron chi connectivity index (χ0n) is 51.5. The summed E-state index contributed by atoms with van der Waals surface area (Å²) in [5, 5.41) is 0. The maximum atomic E-state index is 12.9. The van der Waals surface area contributed by atoms with Crippen LogP contribution in [-0.2, 0) is 28.6 Å². The number of rotatable bonds is 57. The number of hydrogen-bond acceptors (Lipinski definition) is 6. The van der Waals surface area contributed by atoms with Crippen molar-refractivity contribution < 1.29 is 28.6 Å². The molecule has 6 heteroatoms. The van der Waals surface area contributed by atoms with Gasteiger partial charge in [0.1, 0.15) is 13.2 Å². The normalized spacial score (nSPS) is 13.2. The highest BCUT2D eigenvalue weighted by atomic mass is 16.6. The lowest BCUT2D eigenvalue weighted by Gasteiger charge is -2.18. The van der Waals surface area contributed by atoms with Crippen molar-refractivity contribution in [2.24, 2.45) is 0 Å². The first kappa shape index (κ1) is 75.0. The number of carbonyl (C=O) groups excluding carboxylic acids is 3. The lowest BCUT2D eigenvalue weighted by atomic mass is 10.1. The molecular weight excluding hydrogens is 985 g/mol. The van der Waals surface area contributed by atoms with Gasteiger partial charge in [0.05, 0.1) is 0 Å². The van der Waals surface area contributed by atoms with Gasteiger partial charge < -0.3 is 14.2 Å². The second-order valence-electron chi connectivity index (χ2n) is 20.9. The molecule has 0 amide bonds. The molecule has 0 aromatic rings. The Morgan fingerprint density at radius 1 is 0.263 bits per heavy atom. The van der Waals surface area contributed by atoms with E-state index >= 15 is 0 Å². The molecule has 80 heavy (non-hydrogen) atoms. The fourth-order valence-corrected chi connectivity index (χ4v) is 8.45. The number of allylic oxidation sites excluding steroid dienone is 26. The molecule has 0 aliphatic rings. The Bertz CT molecular complexity index is 1790. The van der Waals surface area contributed by atoms with Crippen molar-refractivity contribution >= 4 is 17.9 Å². The van der Waals surface area contributed by atoms with Crippen LogP contribution in [0.1, 0.15) is 271 Å². The van der Waals surface area contributed by atoms with Gasteiger partial charge in [-0.05, 0) is 141 Å². The fraction of sp³-hybridized carbons (Fsp3) is 0.608. The van der Waals surface area contributed by atoms with Crippen LogP contribution >= 0.6 is 0 Å². The SMILES string of the molecule is CC/C=C\C/C=C\C/C=C\C/C=C\C/C=C\C/C=C\C/C=C\C/C=C\CCCCCCCCCCC(=O)OCC(COC(=O)CCCCCCC/C=C\CCC)OC(=O)CCCCCCCC/C=C\C/C=C\C/C=C\C/C=C\CC.